The van der Waals surface area contributed by atoms with Crippen LogP contribution in [-0.2, 0) is 14.3 Å². The molecular formula is C29H38FN5O4. The molecule has 3 saturated heterocycles. The van der Waals surface area contributed by atoms with Crippen LogP contribution >= 0.6 is 0 Å². The van der Waals surface area contributed by atoms with Gasteiger partial charge in [0.1, 0.15) is 23.5 Å². The summed E-state index contributed by atoms with van der Waals surface area (Å²) in [5.74, 6) is -0.243. The van der Waals surface area contributed by atoms with Gasteiger partial charge in [-0.25, -0.2) is 9.18 Å². The van der Waals surface area contributed by atoms with Crippen molar-refractivity contribution in [3.05, 3.63) is 35.6 Å². The van der Waals surface area contributed by atoms with Crippen LogP contribution in [0.25, 0.3) is 0 Å². The lowest BCUT2D eigenvalue weighted by atomic mass is 9.76. The second kappa shape index (κ2) is 10.8. The first-order valence-corrected chi connectivity index (χ1v) is 14.1. The minimum atomic E-state index is -0.936. The Morgan fingerprint density at radius 3 is 2.49 bits per heavy atom. The Hall–Kier alpha value is -3.19. The summed E-state index contributed by atoms with van der Waals surface area (Å²) in [6.07, 6.45) is 4.50. The van der Waals surface area contributed by atoms with Gasteiger partial charge in [-0.2, -0.15) is 5.26 Å². The van der Waals surface area contributed by atoms with Crippen LogP contribution in [0.2, 0.25) is 0 Å². The van der Waals surface area contributed by atoms with E-state index in [1.54, 1.807) is 32.9 Å². The standard InChI is InChI=1S/C29H38FN5O4/c1-29(2,3)39-28(38)32-23(26(36)34-13-5-8-21(34)15-31)17-33-16-22-14-24(33)27(37)35(22)25(18-6-4-7-18)19-9-11-20(30)12-10-19/h9-12,18,21-25H,4-8,13-14,16-17H2,1-3H3,(H,32,38)/t21?,22-,23?,24?,25?/m0/s1. The molecule has 1 N–H and O–H groups in total. The van der Waals surface area contributed by atoms with Crippen molar-refractivity contribution in [2.75, 3.05) is 19.6 Å². The number of piperazine rings is 1. The number of fused-ring (bicyclic) bond motifs is 2. The molecule has 210 valence electrons. The Kier molecular flexibility index (Phi) is 7.55. The van der Waals surface area contributed by atoms with Gasteiger partial charge in [-0.15, -0.1) is 0 Å². The van der Waals surface area contributed by atoms with Gasteiger partial charge in [0.15, 0.2) is 0 Å². The average Bonchev–Trinajstić information content (AvgIpc) is 3.55. The quantitative estimate of drug-likeness (QED) is 0.570. The van der Waals surface area contributed by atoms with E-state index in [1.807, 2.05) is 9.80 Å². The molecule has 3 heterocycles. The predicted molar refractivity (Wildman–Crippen MR) is 141 cm³/mol. The van der Waals surface area contributed by atoms with Crippen molar-refractivity contribution in [1.29, 1.82) is 5.26 Å². The first-order chi connectivity index (χ1) is 18.6. The number of carbonyl (C=O) groups excluding carboxylic acids is 3. The van der Waals surface area contributed by atoms with Gasteiger partial charge in [-0.1, -0.05) is 18.6 Å². The highest BCUT2D eigenvalue weighted by Crippen LogP contribution is 2.47. The number of hydrogen-bond acceptors (Lipinski definition) is 6. The molecular weight excluding hydrogens is 501 g/mol. The van der Waals surface area contributed by atoms with Crippen LogP contribution in [0.15, 0.2) is 24.3 Å². The number of halogens is 1. The number of nitriles is 1. The number of nitrogens with one attached hydrogen (secondary N) is 1. The first-order valence-electron chi connectivity index (χ1n) is 14.1. The Morgan fingerprint density at radius 2 is 1.90 bits per heavy atom. The smallest absolute Gasteiger partial charge is 0.408 e. The van der Waals surface area contributed by atoms with Crippen LogP contribution < -0.4 is 5.32 Å². The summed E-state index contributed by atoms with van der Waals surface area (Å²) in [7, 11) is 0. The maximum atomic E-state index is 13.8. The van der Waals surface area contributed by atoms with E-state index >= 15 is 0 Å². The SMILES string of the molecule is CC(C)(C)OC(=O)NC(CN1C[C@@H]2CC1C(=O)N2C(c1ccc(F)cc1)C1CCC1)C(=O)N1CCCC1C#N. The van der Waals surface area contributed by atoms with Gasteiger partial charge in [0.05, 0.1) is 18.2 Å². The molecule has 5 rings (SSSR count). The summed E-state index contributed by atoms with van der Waals surface area (Å²) in [6, 6.07) is 6.73. The van der Waals surface area contributed by atoms with Gasteiger partial charge < -0.3 is 19.9 Å². The van der Waals surface area contributed by atoms with Crippen LogP contribution in [0.5, 0.6) is 0 Å². The zero-order valence-corrected chi connectivity index (χ0v) is 22.9. The molecule has 1 saturated carbocycles. The van der Waals surface area contributed by atoms with E-state index in [-0.39, 0.29) is 42.3 Å². The van der Waals surface area contributed by atoms with Gasteiger partial charge in [0, 0.05) is 25.7 Å². The predicted octanol–water partition coefficient (Wildman–Crippen LogP) is 3.36. The van der Waals surface area contributed by atoms with E-state index in [0.717, 1.165) is 31.2 Å². The third-order valence-electron chi connectivity index (χ3n) is 8.51. The number of benzene rings is 1. The van der Waals surface area contributed by atoms with Gasteiger partial charge in [-0.05, 0) is 76.5 Å². The topological polar surface area (TPSA) is 106 Å². The maximum absolute atomic E-state index is 13.8. The third kappa shape index (κ3) is 5.60. The van der Waals surface area contributed by atoms with E-state index in [0.29, 0.717) is 31.8 Å². The molecule has 3 amide bonds. The van der Waals surface area contributed by atoms with Crippen LogP contribution in [0, 0.1) is 23.1 Å². The van der Waals surface area contributed by atoms with E-state index < -0.39 is 23.8 Å². The number of ether oxygens (including phenoxy) is 1. The van der Waals surface area contributed by atoms with Crippen molar-refractivity contribution in [2.45, 2.75) is 95.1 Å². The highest BCUT2D eigenvalue weighted by atomic mass is 19.1. The summed E-state index contributed by atoms with van der Waals surface area (Å²) in [5, 5.41) is 12.3. The van der Waals surface area contributed by atoms with Crippen molar-refractivity contribution < 1.29 is 23.5 Å². The van der Waals surface area contributed by atoms with Crippen molar-refractivity contribution in [1.82, 2.24) is 20.0 Å². The van der Waals surface area contributed by atoms with E-state index in [2.05, 4.69) is 11.4 Å². The Morgan fingerprint density at radius 1 is 1.18 bits per heavy atom. The van der Waals surface area contributed by atoms with Crippen LogP contribution in [0.4, 0.5) is 9.18 Å². The van der Waals surface area contributed by atoms with Crippen molar-refractivity contribution in [3.8, 4) is 6.07 Å². The fourth-order valence-electron chi connectivity index (χ4n) is 6.57. The highest BCUT2D eigenvalue weighted by molar-refractivity contribution is 5.88. The fraction of sp³-hybridized carbons (Fsp3) is 0.655. The van der Waals surface area contributed by atoms with Gasteiger partial charge in [-0.3, -0.25) is 14.5 Å². The summed E-state index contributed by atoms with van der Waals surface area (Å²) in [5.41, 5.74) is 0.227. The molecule has 4 unspecified atom stereocenters. The monoisotopic (exact) mass is 539 g/mol. The number of alkyl carbamates (subject to hydrolysis) is 1. The lowest BCUT2D eigenvalue weighted by molar-refractivity contribution is -0.143. The second-order valence-electron chi connectivity index (χ2n) is 12.3. The van der Waals surface area contributed by atoms with Crippen LogP contribution in [0.3, 0.4) is 0 Å². The number of nitrogens with zero attached hydrogens (tertiary/aromatic N) is 4. The van der Waals surface area contributed by atoms with Crippen molar-refractivity contribution >= 4 is 17.9 Å². The molecule has 5 atom stereocenters. The van der Waals surface area contributed by atoms with Crippen LogP contribution in [-0.4, -0.2) is 82.0 Å². The molecule has 4 fully saturated rings. The minimum Gasteiger partial charge on any atom is -0.444 e. The van der Waals surface area contributed by atoms with Gasteiger partial charge in [0.25, 0.3) is 0 Å². The van der Waals surface area contributed by atoms with Crippen molar-refractivity contribution in [3.63, 3.8) is 0 Å². The number of amides is 3. The average molecular weight is 540 g/mol. The normalized spacial score (nSPS) is 26.7. The van der Waals surface area contributed by atoms with Crippen molar-refractivity contribution in [2.24, 2.45) is 5.92 Å². The van der Waals surface area contributed by atoms with Gasteiger partial charge in [0.2, 0.25) is 11.8 Å². The summed E-state index contributed by atoms with van der Waals surface area (Å²) in [6.45, 7) is 6.47. The zero-order valence-electron chi connectivity index (χ0n) is 22.9. The second-order valence-corrected chi connectivity index (χ2v) is 12.3. The van der Waals surface area contributed by atoms with E-state index in [9.17, 15) is 24.0 Å². The first kappa shape index (κ1) is 27.4. The molecule has 3 aliphatic heterocycles. The minimum absolute atomic E-state index is 0.0194. The van der Waals surface area contributed by atoms with Gasteiger partial charge >= 0.3 is 6.09 Å². The molecule has 0 spiro atoms. The summed E-state index contributed by atoms with van der Waals surface area (Å²) >= 11 is 0. The molecule has 9 nitrogen and oxygen atoms in total. The highest BCUT2D eigenvalue weighted by Gasteiger charge is 2.54. The number of likely N-dealkylation sites (tertiary alicyclic amines) is 3. The Labute approximate surface area is 229 Å². The summed E-state index contributed by atoms with van der Waals surface area (Å²) in [4.78, 5) is 45.6. The lowest BCUT2D eigenvalue weighted by Crippen LogP contribution is -2.59. The lowest BCUT2D eigenvalue weighted by Gasteiger charge is -2.45. The molecule has 1 aromatic carbocycles. The Bertz CT molecular complexity index is 1140. The maximum Gasteiger partial charge on any atom is 0.408 e. The fourth-order valence-corrected chi connectivity index (χ4v) is 6.57. The number of carbonyl (C=O) groups is 3. The molecule has 39 heavy (non-hydrogen) atoms. The molecule has 4 aliphatic rings. The summed E-state index contributed by atoms with van der Waals surface area (Å²) < 4.78 is 19.1. The molecule has 10 heteroatoms. The van der Waals surface area contributed by atoms with E-state index in [1.165, 1.54) is 17.0 Å². The molecule has 1 aliphatic carbocycles. The zero-order chi connectivity index (χ0) is 27.9. The largest absolute Gasteiger partial charge is 0.444 e. The van der Waals surface area contributed by atoms with Crippen LogP contribution in [0.1, 0.15) is 70.9 Å². The Balaban J connectivity index is 1.33. The molecule has 2 bridgehead atoms. The third-order valence-corrected chi connectivity index (χ3v) is 8.51. The number of hydrogen-bond donors (Lipinski definition) is 1. The molecule has 1 aromatic rings. The molecule has 0 radical (unpaired) electrons. The van der Waals surface area contributed by atoms with E-state index in [4.69, 9.17) is 4.74 Å². The number of rotatable bonds is 7. The molecule has 0 aromatic heterocycles.